The summed E-state index contributed by atoms with van der Waals surface area (Å²) in [7, 11) is 0. The Hall–Kier alpha value is -1.33. The van der Waals surface area contributed by atoms with Gasteiger partial charge in [-0.2, -0.15) is 0 Å². The normalized spacial score (nSPS) is 19.9. The zero-order valence-corrected chi connectivity index (χ0v) is 10.9. The summed E-state index contributed by atoms with van der Waals surface area (Å²) in [4.78, 5) is 17.2. The van der Waals surface area contributed by atoms with E-state index in [-0.39, 0.29) is 11.7 Å². The van der Waals surface area contributed by atoms with Crippen molar-refractivity contribution in [3.8, 4) is 0 Å². The Morgan fingerprint density at radius 3 is 3.11 bits per heavy atom. The maximum Gasteiger partial charge on any atom is 0.354 e. The second kappa shape index (κ2) is 5.54. The number of aromatic nitrogens is 1. The fourth-order valence-electron chi connectivity index (χ4n) is 2.03. The van der Waals surface area contributed by atoms with Crippen LogP contribution in [0.15, 0.2) is 12.1 Å². The van der Waals surface area contributed by atoms with Gasteiger partial charge in [0.15, 0.2) is 5.69 Å². The van der Waals surface area contributed by atoms with Crippen molar-refractivity contribution in [2.75, 3.05) is 24.7 Å². The van der Waals surface area contributed by atoms with E-state index in [9.17, 15) is 4.79 Å². The fraction of sp³-hybridized carbons (Fsp3) is 0.500. The first-order valence-corrected chi connectivity index (χ1v) is 6.25. The first-order chi connectivity index (χ1) is 8.61. The fourth-order valence-corrected chi connectivity index (χ4v) is 2.24. The summed E-state index contributed by atoms with van der Waals surface area (Å²) in [5.41, 5.74) is -0.0288. The quantitative estimate of drug-likeness (QED) is 0.911. The van der Waals surface area contributed by atoms with Crippen LogP contribution in [0.2, 0.25) is 5.02 Å². The average Bonchev–Trinajstić information content (AvgIpc) is 2.38. The third kappa shape index (κ3) is 2.73. The molecule has 5 nitrogen and oxygen atoms in total. The van der Waals surface area contributed by atoms with Crippen LogP contribution in [0.5, 0.6) is 0 Å². The van der Waals surface area contributed by atoms with Crippen molar-refractivity contribution in [2.45, 2.75) is 19.4 Å². The minimum atomic E-state index is -1.07. The number of hydrogen-bond donors (Lipinski definition) is 1. The predicted octanol–water partition coefficient (Wildman–Crippen LogP) is 2.05. The molecule has 1 N–H and O–H groups in total. The first kappa shape index (κ1) is 13.1. The van der Waals surface area contributed by atoms with E-state index < -0.39 is 5.97 Å². The van der Waals surface area contributed by atoms with Gasteiger partial charge in [0.1, 0.15) is 5.82 Å². The van der Waals surface area contributed by atoms with Gasteiger partial charge in [-0.1, -0.05) is 18.5 Å². The molecule has 1 atom stereocenters. The molecule has 2 heterocycles. The molecule has 1 aromatic heterocycles. The van der Waals surface area contributed by atoms with Crippen LogP contribution in [0.4, 0.5) is 5.82 Å². The Morgan fingerprint density at radius 1 is 1.67 bits per heavy atom. The molecule has 2 rings (SSSR count). The number of anilines is 1. The van der Waals surface area contributed by atoms with Gasteiger partial charge < -0.3 is 14.7 Å². The smallest absolute Gasteiger partial charge is 0.354 e. The Bertz CT molecular complexity index is 453. The third-order valence-corrected chi connectivity index (χ3v) is 3.21. The number of rotatable bonds is 3. The van der Waals surface area contributed by atoms with E-state index in [1.807, 2.05) is 0 Å². The summed E-state index contributed by atoms with van der Waals surface area (Å²) in [6.07, 6.45) is 0.913. The highest BCUT2D eigenvalue weighted by atomic mass is 35.5. The number of carboxylic acid groups (broad SMARTS) is 1. The number of carboxylic acids is 1. The van der Waals surface area contributed by atoms with E-state index in [1.54, 1.807) is 6.07 Å². The van der Waals surface area contributed by atoms with Gasteiger partial charge in [-0.3, -0.25) is 0 Å². The number of morpholine rings is 1. The molecule has 6 heteroatoms. The highest BCUT2D eigenvalue weighted by Crippen LogP contribution is 2.23. The SMILES string of the molecule is CCC1COCCN1c1cc(Cl)cc(C(=O)O)n1. The lowest BCUT2D eigenvalue weighted by atomic mass is 10.1. The van der Waals surface area contributed by atoms with Crippen LogP contribution in [0.1, 0.15) is 23.8 Å². The summed E-state index contributed by atoms with van der Waals surface area (Å²) >= 11 is 5.94. The zero-order chi connectivity index (χ0) is 13.1. The van der Waals surface area contributed by atoms with Crippen LogP contribution in [0.25, 0.3) is 0 Å². The molecule has 0 radical (unpaired) electrons. The highest BCUT2D eigenvalue weighted by molar-refractivity contribution is 6.31. The Morgan fingerprint density at radius 2 is 2.44 bits per heavy atom. The van der Waals surface area contributed by atoms with Gasteiger partial charge in [0.25, 0.3) is 0 Å². The molecule has 1 fully saturated rings. The lowest BCUT2D eigenvalue weighted by molar-refractivity contribution is 0.0690. The molecule has 98 valence electrons. The molecule has 0 aromatic carbocycles. The molecule has 1 aliphatic heterocycles. The third-order valence-electron chi connectivity index (χ3n) is 2.99. The Balaban J connectivity index is 2.33. The summed E-state index contributed by atoms with van der Waals surface area (Å²) in [5, 5.41) is 9.38. The number of nitrogens with zero attached hydrogens (tertiary/aromatic N) is 2. The van der Waals surface area contributed by atoms with Gasteiger partial charge in [-0.25, -0.2) is 9.78 Å². The van der Waals surface area contributed by atoms with Gasteiger partial charge >= 0.3 is 5.97 Å². The van der Waals surface area contributed by atoms with E-state index in [2.05, 4.69) is 16.8 Å². The predicted molar refractivity (Wildman–Crippen MR) is 68.5 cm³/mol. The molecular formula is C12H15ClN2O3. The van der Waals surface area contributed by atoms with Gasteiger partial charge in [0.05, 0.1) is 19.3 Å². The van der Waals surface area contributed by atoms with Crippen molar-refractivity contribution in [2.24, 2.45) is 0 Å². The van der Waals surface area contributed by atoms with E-state index in [0.29, 0.717) is 30.6 Å². The van der Waals surface area contributed by atoms with Crippen LogP contribution < -0.4 is 4.90 Å². The molecule has 0 bridgehead atoms. The van der Waals surface area contributed by atoms with E-state index in [0.717, 1.165) is 6.42 Å². The minimum absolute atomic E-state index is 0.0288. The van der Waals surface area contributed by atoms with Crippen molar-refractivity contribution in [3.63, 3.8) is 0 Å². The first-order valence-electron chi connectivity index (χ1n) is 5.87. The van der Waals surface area contributed by atoms with Crippen LogP contribution in [-0.4, -0.2) is 41.9 Å². The van der Waals surface area contributed by atoms with E-state index in [4.69, 9.17) is 21.4 Å². The number of pyridine rings is 1. The van der Waals surface area contributed by atoms with E-state index in [1.165, 1.54) is 6.07 Å². The topological polar surface area (TPSA) is 62.7 Å². The second-order valence-corrected chi connectivity index (χ2v) is 4.60. The zero-order valence-electron chi connectivity index (χ0n) is 10.1. The summed E-state index contributed by atoms with van der Waals surface area (Å²) in [6, 6.07) is 3.27. The highest BCUT2D eigenvalue weighted by Gasteiger charge is 2.23. The largest absolute Gasteiger partial charge is 0.477 e. The van der Waals surface area contributed by atoms with E-state index >= 15 is 0 Å². The number of aromatic carboxylic acids is 1. The van der Waals surface area contributed by atoms with Crippen LogP contribution in [0.3, 0.4) is 0 Å². The lowest BCUT2D eigenvalue weighted by Gasteiger charge is -2.36. The number of ether oxygens (including phenoxy) is 1. The molecule has 0 spiro atoms. The van der Waals surface area contributed by atoms with Gasteiger partial charge in [-0.15, -0.1) is 0 Å². The maximum atomic E-state index is 11.0. The van der Waals surface area contributed by atoms with Crippen molar-refractivity contribution in [1.82, 2.24) is 4.98 Å². The molecule has 0 saturated carbocycles. The standard InChI is InChI=1S/C12H15ClN2O3/c1-2-9-7-18-4-3-15(9)11-6-8(13)5-10(14-11)12(16)17/h5-6,9H,2-4,7H2,1H3,(H,16,17). The lowest BCUT2D eigenvalue weighted by Crippen LogP contribution is -2.45. The van der Waals surface area contributed by atoms with Gasteiger partial charge in [0.2, 0.25) is 0 Å². The Labute approximate surface area is 110 Å². The second-order valence-electron chi connectivity index (χ2n) is 4.16. The molecule has 1 unspecified atom stereocenters. The van der Waals surface area contributed by atoms with Crippen LogP contribution in [-0.2, 0) is 4.74 Å². The number of carbonyl (C=O) groups is 1. The molecule has 1 saturated heterocycles. The summed E-state index contributed by atoms with van der Waals surface area (Å²) in [6.45, 7) is 4.01. The molecule has 0 aliphatic carbocycles. The molecule has 1 aromatic rings. The van der Waals surface area contributed by atoms with Crippen molar-refractivity contribution in [1.29, 1.82) is 0 Å². The van der Waals surface area contributed by atoms with Crippen LogP contribution in [0, 0.1) is 0 Å². The number of halogens is 1. The summed E-state index contributed by atoms with van der Waals surface area (Å²) in [5.74, 6) is -0.463. The van der Waals surface area contributed by atoms with Crippen LogP contribution >= 0.6 is 11.6 Å². The molecule has 1 aliphatic rings. The Kier molecular flexibility index (Phi) is 4.04. The van der Waals surface area contributed by atoms with Crippen molar-refractivity contribution in [3.05, 3.63) is 22.8 Å². The van der Waals surface area contributed by atoms with Gasteiger partial charge in [0, 0.05) is 11.6 Å². The average molecular weight is 271 g/mol. The maximum absolute atomic E-state index is 11.0. The molecular weight excluding hydrogens is 256 g/mol. The van der Waals surface area contributed by atoms with Gasteiger partial charge in [-0.05, 0) is 18.6 Å². The monoisotopic (exact) mass is 270 g/mol. The van der Waals surface area contributed by atoms with Crippen molar-refractivity contribution >= 4 is 23.4 Å². The number of hydrogen-bond acceptors (Lipinski definition) is 4. The minimum Gasteiger partial charge on any atom is -0.477 e. The summed E-state index contributed by atoms with van der Waals surface area (Å²) < 4.78 is 5.41. The van der Waals surface area contributed by atoms with Crippen molar-refractivity contribution < 1.29 is 14.6 Å². The molecule has 0 amide bonds. The molecule has 18 heavy (non-hydrogen) atoms.